The molecule has 13 amide bonds. The van der Waals surface area contributed by atoms with Crippen molar-refractivity contribution in [2.75, 3.05) is 124 Å². The fraction of sp³-hybridized carbons (Fsp3) is 0.612. The molecule has 15 N–H and O–H groups in total. The van der Waals surface area contributed by atoms with Gasteiger partial charge in [-0.05, 0) is 24.7 Å². The Labute approximate surface area is 640 Å². The van der Waals surface area contributed by atoms with Gasteiger partial charge in [0.15, 0.2) is 46.3 Å². The first kappa shape index (κ1) is 99.8. The second kappa shape index (κ2) is 54.4. The predicted octanol–water partition coefficient (Wildman–Crippen LogP) is -7.94. The number of carboxylic acid groups (broad SMARTS) is 5. The second-order valence-corrected chi connectivity index (χ2v) is 25.5. The summed E-state index contributed by atoms with van der Waals surface area (Å²) in [6.07, 6.45) is -5.35. The van der Waals surface area contributed by atoms with Gasteiger partial charge < -0.3 is 98.3 Å². The topological polar surface area (TPSA) is 683 Å². The van der Waals surface area contributed by atoms with Gasteiger partial charge in [0.25, 0.3) is 0 Å². The standard InChI is InChI=1S/C67H98N14O31/c1-4-49(90)69-23-41(82)16-19-67(3,20-17-42(83)24-70-50(91)5-2)21-18-43(84)25-71-51(92)11-6-44(85)31-77(36-62(103)104)57(98)26-72-52(93)12-7-45(86)32-78(37-63(105)106)58(99)27-73-53(94)13-8-46(87)33-79(38-64(107)108)59(100)28-74-54(95)14-9-47(88)34-80(39-65(109)110)60(101)29-75-55(96)15-10-48(89)35-81(40-66(111)112)61(102)30-76-56(97)22-68/h4-40,68H2,1-3H3,(H,69,90)(H,70,91)(H,71,92)(H,72,93)(H,73,94)(H,74,95)(H,75,96)(H,76,97)(H,103,104)(H,105,106)(H,107,108)(H,109,110)(H,111,112). The minimum absolute atomic E-state index is 0.0186. The molecule has 0 saturated heterocycles. The molecule has 45 nitrogen and oxygen atoms in total. The van der Waals surface area contributed by atoms with Gasteiger partial charge >= 0.3 is 29.8 Å². The summed E-state index contributed by atoms with van der Waals surface area (Å²) in [6, 6.07) is 0. The van der Waals surface area contributed by atoms with E-state index in [1.165, 1.54) is 0 Å². The van der Waals surface area contributed by atoms with Crippen molar-refractivity contribution in [3.8, 4) is 0 Å². The van der Waals surface area contributed by atoms with E-state index in [9.17, 15) is 145 Å². The number of carboxylic acids is 5. The summed E-state index contributed by atoms with van der Waals surface area (Å²) in [6.45, 7) is -10.4. The van der Waals surface area contributed by atoms with Gasteiger partial charge in [0.1, 0.15) is 32.7 Å². The molecule has 0 saturated carbocycles. The molecule has 0 radical (unpaired) electrons. The van der Waals surface area contributed by atoms with E-state index < -0.39 is 310 Å². The molecule has 622 valence electrons. The lowest BCUT2D eigenvalue weighted by atomic mass is 9.76. The smallest absolute Gasteiger partial charge is 0.323 e. The molecule has 112 heavy (non-hydrogen) atoms. The molecule has 0 aromatic carbocycles. The first-order chi connectivity index (χ1) is 52.5. The zero-order chi connectivity index (χ0) is 85.2. The van der Waals surface area contributed by atoms with Crippen molar-refractivity contribution in [1.82, 2.24) is 67.0 Å². The fourth-order valence-electron chi connectivity index (χ4n) is 9.45. The summed E-state index contributed by atoms with van der Waals surface area (Å²) in [7, 11) is 0. The molecule has 0 heterocycles. The highest BCUT2D eigenvalue weighted by Crippen LogP contribution is 2.35. The molecule has 0 aromatic rings. The van der Waals surface area contributed by atoms with Crippen LogP contribution in [0.4, 0.5) is 0 Å². The molecule has 0 aliphatic heterocycles. The Morgan fingerprint density at radius 3 is 0.598 bits per heavy atom. The predicted molar refractivity (Wildman–Crippen MR) is 377 cm³/mol. The Balaban J connectivity index is 5.26. The number of nitrogens with two attached hydrogens (primary N) is 1. The Bertz CT molecular complexity index is 3470. The van der Waals surface area contributed by atoms with E-state index in [1.807, 2.05) is 0 Å². The normalized spacial score (nSPS) is 10.6. The van der Waals surface area contributed by atoms with Crippen LogP contribution in [0.1, 0.15) is 136 Å². The van der Waals surface area contributed by atoms with Crippen molar-refractivity contribution in [3.05, 3.63) is 0 Å². The monoisotopic (exact) mass is 1590 g/mol. The highest BCUT2D eigenvalue weighted by atomic mass is 16.4. The van der Waals surface area contributed by atoms with E-state index in [0.29, 0.717) is 24.5 Å². The van der Waals surface area contributed by atoms with Crippen molar-refractivity contribution in [3.63, 3.8) is 0 Å². The summed E-state index contributed by atoms with van der Waals surface area (Å²) in [5, 5.41) is 64.6. The van der Waals surface area contributed by atoms with E-state index >= 15 is 0 Å². The summed E-state index contributed by atoms with van der Waals surface area (Å²) in [5.74, 6) is -24.9. The van der Waals surface area contributed by atoms with Crippen LogP contribution in [0.25, 0.3) is 0 Å². The van der Waals surface area contributed by atoms with Gasteiger partial charge in [-0.2, -0.15) is 0 Å². The zero-order valence-electron chi connectivity index (χ0n) is 62.3. The van der Waals surface area contributed by atoms with Crippen LogP contribution in [0.3, 0.4) is 0 Å². The van der Waals surface area contributed by atoms with Gasteiger partial charge in [-0.3, -0.25) is 125 Å². The van der Waals surface area contributed by atoms with Crippen LogP contribution >= 0.6 is 0 Å². The number of carbonyl (C=O) groups is 26. The number of amides is 13. The summed E-state index contributed by atoms with van der Waals surface area (Å²) >= 11 is 0. The van der Waals surface area contributed by atoms with Crippen LogP contribution in [-0.4, -0.2) is 327 Å². The molecule has 0 rings (SSSR count). The molecule has 0 aromatic heterocycles. The summed E-state index contributed by atoms with van der Waals surface area (Å²) in [5.41, 5.74) is 4.40. The molecule has 0 fully saturated rings. The van der Waals surface area contributed by atoms with Gasteiger partial charge in [0.2, 0.25) is 76.8 Å². The lowest BCUT2D eigenvalue weighted by Crippen LogP contribution is -2.46. The first-order valence-corrected chi connectivity index (χ1v) is 34.9. The molecular formula is C67H98N14O31. The highest BCUT2D eigenvalue weighted by molar-refractivity contribution is 5.99. The van der Waals surface area contributed by atoms with Crippen molar-refractivity contribution in [2.45, 2.75) is 136 Å². The van der Waals surface area contributed by atoms with Gasteiger partial charge in [-0.15, -0.1) is 0 Å². The van der Waals surface area contributed by atoms with E-state index in [1.54, 1.807) is 20.8 Å². The number of hydrogen-bond acceptors (Lipinski definition) is 27. The minimum Gasteiger partial charge on any atom is -0.480 e. The highest BCUT2D eigenvalue weighted by Gasteiger charge is 2.30. The summed E-state index contributed by atoms with van der Waals surface area (Å²) < 4.78 is 0. The maximum absolute atomic E-state index is 13.0. The number of ketones is 8. The summed E-state index contributed by atoms with van der Waals surface area (Å²) in [4.78, 5) is 324. The molecule has 0 aliphatic carbocycles. The van der Waals surface area contributed by atoms with E-state index in [0.717, 1.165) is 0 Å². The zero-order valence-corrected chi connectivity index (χ0v) is 62.3. The van der Waals surface area contributed by atoms with Crippen LogP contribution in [0.15, 0.2) is 0 Å². The van der Waals surface area contributed by atoms with Gasteiger partial charge in [-0.25, -0.2) is 0 Å². The average Bonchev–Trinajstić information content (AvgIpc) is 0.889. The SMILES string of the molecule is CCC(=O)NCC(=O)CCC(C)(CCC(=O)CNC(=O)CC)CCC(=O)CNC(=O)CCC(=O)CN(CC(=O)O)C(=O)CNC(=O)CCC(=O)CN(CC(=O)O)C(=O)CNC(=O)CCC(=O)CN(CC(=O)O)C(=O)CNC(=O)CCC(=O)CN(CC(=O)O)C(=O)CNC(=O)CCC(=O)CN(CC(=O)O)C(=O)CNC(=O)CN. The van der Waals surface area contributed by atoms with Crippen LogP contribution in [0.5, 0.6) is 0 Å². The molecule has 0 bridgehead atoms. The Morgan fingerprint density at radius 2 is 0.420 bits per heavy atom. The molecule has 0 unspecified atom stereocenters. The largest absolute Gasteiger partial charge is 0.480 e. The maximum atomic E-state index is 13.0. The van der Waals surface area contributed by atoms with Crippen molar-refractivity contribution < 1.29 is 150 Å². The number of nitrogens with one attached hydrogen (secondary N) is 8. The van der Waals surface area contributed by atoms with Crippen molar-refractivity contribution in [2.24, 2.45) is 11.1 Å². The minimum atomic E-state index is -1.63. The van der Waals surface area contributed by atoms with E-state index in [-0.39, 0.29) is 87.8 Å². The average molecular weight is 1600 g/mol. The van der Waals surface area contributed by atoms with Gasteiger partial charge in [-0.1, -0.05) is 20.8 Å². The molecule has 45 heteroatoms. The molecular weight excluding hydrogens is 1500 g/mol. The third-order valence-corrected chi connectivity index (χ3v) is 15.9. The molecule has 0 atom stereocenters. The third kappa shape index (κ3) is 49.0. The number of Topliss-reactive ketones (excluding diaryl/α,β-unsaturated/α-hetero) is 8. The number of aliphatic carboxylic acids is 5. The van der Waals surface area contributed by atoms with Gasteiger partial charge in [0, 0.05) is 96.3 Å². The second-order valence-electron chi connectivity index (χ2n) is 25.5. The Morgan fingerprint density at radius 1 is 0.241 bits per heavy atom. The van der Waals surface area contributed by atoms with Crippen LogP contribution < -0.4 is 48.3 Å². The van der Waals surface area contributed by atoms with Crippen LogP contribution in [0, 0.1) is 5.41 Å². The first-order valence-electron chi connectivity index (χ1n) is 34.9. The van der Waals surface area contributed by atoms with E-state index in [2.05, 4.69) is 42.5 Å². The lowest BCUT2D eigenvalue weighted by Gasteiger charge is -2.29. The number of nitrogens with zero attached hydrogens (tertiary/aromatic N) is 5. The van der Waals surface area contributed by atoms with Gasteiger partial charge in [0.05, 0.1) is 91.6 Å². The van der Waals surface area contributed by atoms with Crippen molar-refractivity contribution in [1.29, 1.82) is 0 Å². The molecule has 0 spiro atoms. The fourth-order valence-corrected chi connectivity index (χ4v) is 9.45. The quantitative estimate of drug-likeness (QED) is 0.0269. The maximum Gasteiger partial charge on any atom is 0.323 e. The lowest BCUT2D eigenvalue weighted by molar-refractivity contribution is -0.146. The van der Waals surface area contributed by atoms with Crippen LogP contribution in [-0.2, 0) is 125 Å². The van der Waals surface area contributed by atoms with Crippen LogP contribution in [0.2, 0.25) is 0 Å². The number of rotatable bonds is 63. The van der Waals surface area contributed by atoms with E-state index in [4.69, 9.17) is 10.8 Å². The van der Waals surface area contributed by atoms with Crippen molar-refractivity contribution >= 4 is 153 Å². The number of hydrogen-bond donors (Lipinski definition) is 14. The number of carbonyl (C=O) groups excluding carboxylic acids is 21. The molecule has 0 aliphatic rings. The Hall–Kier alpha value is -12.2. The Kier molecular flexibility index (Phi) is 48.5. The third-order valence-electron chi connectivity index (χ3n) is 15.9.